The van der Waals surface area contributed by atoms with Crippen LogP contribution in [-0.2, 0) is 16.6 Å². The molecule has 2 aromatic rings. The molecule has 2 heterocycles. The van der Waals surface area contributed by atoms with Crippen LogP contribution in [0.4, 0.5) is 0 Å². The molecule has 2 rings (SSSR count). The van der Waals surface area contributed by atoms with Crippen LogP contribution in [0.25, 0.3) is 0 Å². The van der Waals surface area contributed by atoms with E-state index in [1.54, 1.807) is 4.68 Å². The van der Waals surface area contributed by atoms with E-state index in [2.05, 4.69) is 9.82 Å². The zero-order valence-corrected chi connectivity index (χ0v) is 12.8. The highest BCUT2D eigenvalue weighted by Crippen LogP contribution is 2.18. The highest BCUT2D eigenvalue weighted by atomic mass is 32.2. The fourth-order valence-electron chi connectivity index (χ4n) is 1.75. The van der Waals surface area contributed by atoms with E-state index in [0.717, 1.165) is 12.0 Å². The number of nitrogens with zero attached hydrogens (tertiary/aromatic N) is 2. The van der Waals surface area contributed by atoms with E-state index in [0.29, 0.717) is 13.1 Å². The Morgan fingerprint density at radius 2 is 2.35 bits per heavy atom. The molecule has 1 atom stereocenters. The van der Waals surface area contributed by atoms with Gasteiger partial charge in [0.25, 0.3) is 0 Å². The van der Waals surface area contributed by atoms with E-state index in [4.69, 9.17) is 5.73 Å². The lowest BCUT2D eigenvalue weighted by molar-refractivity contribution is 0.565. The minimum atomic E-state index is -3.55. The van der Waals surface area contributed by atoms with Gasteiger partial charge in [0.2, 0.25) is 10.0 Å². The molecule has 0 amide bonds. The Kier molecular flexibility index (Phi) is 4.92. The Hall–Kier alpha value is -1.22. The number of sulfonamides is 1. The van der Waals surface area contributed by atoms with Crippen molar-refractivity contribution in [1.29, 1.82) is 0 Å². The molecule has 0 spiro atoms. The molecule has 1 unspecified atom stereocenters. The standard InChI is InChI=1S/C12H18N4O2S2/c1-10(11-3-6-19-9-11)15-20(17,18)12-7-14-16(8-12)5-2-4-13/h3,6-10,15H,2,4-5,13H2,1H3. The van der Waals surface area contributed by atoms with Crippen molar-refractivity contribution in [2.24, 2.45) is 5.73 Å². The molecule has 0 aliphatic heterocycles. The first-order valence-electron chi connectivity index (χ1n) is 6.30. The number of aryl methyl sites for hydroxylation is 1. The fourth-order valence-corrected chi connectivity index (χ4v) is 3.69. The average Bonchev–Trinajstić information content (AvgIpc) is 3.07. The molecule has 0 aliphatic rings. The summed E-state index contributed by atoms with van der Waals surface area (Å²) in [7, 11) is -3.55. The number of rotatable bonds is 7. The summed E-state index contributed by atoms with van der Waals surface area (Å²) in [6, 6.07) is 1.64. The summed E-state index contributed by atoms with van der Waals surface area (Å²) in [6.07, 6.45) is 3.65. The molecule has 0 radical (unpaired) electrons. The van der Waals surface area contributed by atoms with Crippen LogP contribution >= 0.6 is 11.3 Å². The molecule has 8 heteroatoms. The average molecular weight is 314 g/mol. The molecule has 0 aliphatic carbocycles. The highest BCUT2D eigenvalue weighted by Gasteiger charge is 2.20. The minimum absolute atomic E-state index is 0.177. The van der Waals surface area contributed by atoms with Gasteiger partial charge in [-0.1, -0.05) is 0 Å². The second kappa shape index (κ2) is 6.49. The first-order chi connectivity index (χ1) is 9.53. The topological polar surface area (TPSA) is 90.0 Å². The van der Waals surface area contributed by atoms with E-state index >= 15 is 0 Å². The highest BCUT2D eigenvalue weighted by molar-refractivity contribution is 7.89. The third kappa shape index (κ3) is 3.66. The van der Waals surface area contributed by atoms with Crippen LogP contribution in [0.5, 0.6) is 0 Å². The van der Waals surface area contributed by atoms with Gasteiger partial charge in [-0.3, -0.25) is 4.68 Å². The number of nitrogens with one attached hydrogen (secondary N) is 1. The van der Waals surface area contributed by atoms with Crippen molar-refractivity contribution in [2.45, 2.75) is 30.8 Å². The molecule has 0 saturated heterocycles. The normalized spacial score (nSPS) is 13.5. The smallest absolute Gasteiger partial charge is 0.244 e. The second-order valence-electron chi connectivity index (χ2n) is 4.48. The lowest BCUT2D eigenvalue weighted by atomic mass is 10.2. The number of hydrogen-bond acceptors (Lipinski definition) is 5. The number of aromatic nitrogens is 2. The van der Waals surface area contributed by atoms with Gasteiger partial charge in [0, 0.05) is 18.8 Å². The molecular formula is C12H18N4O2S2. The summed E-state index contributed by atoms with van der Waals surface area (Å²) < 4.78 is 28.7. The largest absolute Gasteiger partial charge is 0.330 e. The molecule has 20 heavy (non-hydrogen) atoms. The van der Waals surface area contributed by atoms with Gasteiger partial charge in [0.1, 0.15) is 4.90 Å². The SMILES string of the molecule is CC(NS(=O)(=O)c1cnn(CCCN)c1)c1ccsc1. The van der Waals surface area contributed by atoms with Crippen molar-refractivity contribution in [3.8, 4) is 0 Å². The molecule has 0 bridgehead atoms. The monoisotopic (exact) mass is 314 g/mol. The second-order valence-corrected chi connectivity index (χ2v) is 6.98. The summed E-state index contributed by atoms with van der Waals surface area (Å²) in [5.41, 5.74) is 6.37. The van der Waals surface area contributed by atoms with E-state index < -0.39 is 10.0 Å². The van der Waals surface area contributed by atoms with Gasteiger partial charge in [-0.15, -0.1) is 0 Å². The van der Waals surface area contributed by atoms with E-state index in [-0.39, 0.29) is 10.9 Å². The molecule has 2 aromatic heterocycles. The number of nitrogens with two attached hydrogens (primary N) is 1. The maximum absolute atomic E-state index is 12.2. The van der Waals surface area contributed by atoms with Crippen LogP contribution < -0.4 is 10.5 Å². The molecule has 6 nitrogen and oxygen atoms in total. The fraction of sp³-hybridized carbons (Fsp3) is 0.417. The zero-order valence-electron chi connectivity index (χ0n) is 11.2. The summed E-state index contributed by atoms with van der Waals surface area (Å²) in [5, 5.41) is 7.88. The van der Waals surface area contributed by atoms with Crippen molar-refractivity contribution >= 4 is 21.4 Å². The molecule has 0 saturated carbocycles. The lowest BCUT2D eigenvalue weighted by Crippen LogP contribution is -2.26. The van der Waals surface area contributed by atoms with Gasteiger partial charge < -0.3 is 5.73 Å². The van der Waals surface area contributed by atoms with Crippen LogP contribution in [-0.4, -0.2) is 24.7 Å². The lowest BCUT2D eigenvalue weighted by Gasteiger charge is -2.11. The van der Waals surface area contributed by atoms with Crippen molar-refractivity contribution in [3.05, 3.63) is 34.8 Å². The van der Waals surface area contributed by atoms with Crippen molar-refractivity contribution < 1.29 is 8.42 Å². The predicted octanol–water partition coefficient (Wildman–Crippen LogP) is 1.33. The van der Waals surface area contributed by atoms with Gasteiger partial charge in [0.15, 0.2) is 0 Å². The Balaban J connectivity index is 2.08. The Bertz CT molecular complexity index is 634. The van der Waals surface area contributed by atoms with Gasteiger partial charge in [-0.2, -0.15) is 16.4 Å². The summed E-state index contributed by atoms with van der Waals surface area (Å²) in [4.78, 5) is 0.177. The summed E-state index contributed by atoms with van der Waals surface area (Å²) in [6.45, 7) is 2.99. The first kappa shape index (κ1) is 15.2. The van der Waals surface area contributed by atoms with Crippen molar-refractivity contribution in [3.63, 3.8) is 0 Å². The Labute approximate surface area is 122 Å². The molecule has 3 N–H and O–H groups in total. The number of hydrogen-bond donors (Lipinski definition) is 2. The van der Waals surface area contributed by atoms with Gasteiger partial charge in [0.05, 0.1) is 6.20 Å². The van der Waals surface area contributed by atoms with Crippen molar-refractivity contribution in [2.75, 3.05) is 6.54 Å². The molecular weight excluding hydrogens is 296 g/mol. The molecule has 0 aromatic carbocycles. The third-order valence-electron chi connectivity index (χ3n) is 2.89. The number of thiophene rings is 1. The van der Waals surface area contributed by atoms with Crippen LogP contribution in [0.1, 0.15) is 24.9 Å². The van der Waals surface area contributed by atoms with E-state index in [9.17, 15) is 8.42 Å². The Morgan fingerprint density at radius 1 is 1.55 bits per heavy atom. The first-order valence-corrected chi connectivity index (χ1v) is 8.72. The third-order valence-corrected chi connectivity index (χ3v) is 5.08. The van der Waals surface area contributed by atoms with E-state index in [1.807, 2.05) is 23.8 Å². The minimum Gasteiger partial charge on any atom is -0.330 e. The van der Waals surface area contributed by atoms with Crippen LogP contribution in [0, 0.1) is 0 Å². The van der Waals surface area contributed by atoms with Gasteiger partial charge in [-0.05, 0) is 42.3 Å². The summed E-state index contributed by atoms with van der Waals surface area (Å²) in [5.74, 6) is 0. The van der Waals surface area contributed by atoms with Gasteiger partial charge >= 0.3 is 0 Å². The Morgan fingerprint density at radius 3 is 3.00 bits per heavy atom. The molecule has 0 fully saturated rings. The quantitative estimate of drug-likeness (QED) is 0.807. The maximum atomic E-state index is 12.2. The van der Waals surface area contributed by atoms with Crippen LogP contribution in [0.3, 0.4) is 0 Å². The van der Waals surface area contributed by atoms with Crippen molar-refractivity contribution in [1.82, 2.24) is 14.5 Å². The van der Waals surface area contributed by atoms with E-state index in [1.165, 1.54) is 23.7 Å². The predicted molar refractivity (Wildman–Crippen MR) is 79.0 cm³/mol. The van der Waals surface area contributed by atoms with Gasteiger partial charge in [-0.25, -0.2) is 13.1 Å². The summed E-state index contributed by atoms with van der Waals surface area (Å²) >= 11 is 1.54. The maximum Gasteiger partial charge on any atom is 0.244 e. The van der Waals surface area contributed by atoms with Crippen LogP contribution in [0.2, 0.25) is 0 Å². The van der Waals surface area contributed by atoms with Crippen LogP contribution in [0.15, 0.2) is 34.1 Å². The zero-order chi connectivity index (χ0) is 14.6. The molecule has 110 valence electrons.